The molecule has 86 valence electrons. The first-order valence-corrected chi connectivity index (χ1v) is 6.21. The smallest absolute Gasteiger partial charge is 0.0779 e. The highest BCUT2D eigenvalue weighted by Crippen LogP contribution is 1.96. The second kappa shape index (κ2) is 8.35. The molecule has 0 aromatic heterocycles. The maximum absolute atomic E-state index is 11.3. The highest BCUT2D eigenvalue weighted by molar-refractivity contribution is 7.85. The average Bonchev–Trinajstić information content (AvgIpc) is 2.12. The fourth-order valence-electron chi connectivity index (χ4n) is 0.884. The molecule has 0 amide bonds. The van der Waals surface area contributed by atoms with E-state index in [-0.39, 0.29) is 5.25 Å². The standard InChI is InChI=1S/C9H21NO3S/c1-8(2)14(12)7-9(11)6-10-4-5-13-3/h8-11H,4-7H2,1-3H3. The van der Waals surface area contributed by atoms with Gasteiger partial charge in [-0.25, -0.2) is 0 Å². The Morgan fingerprint density at radius 3 is 2.64 bits per heavy atom. The SMILES string of the molecule is COCCNCC(O)CS(=O)C(C)C. The van der Waals surface area contributed by atoms with Crippen molar-refractivity contribution in [3.05, 3.63) is 0 Å². The largest absolute Gasteiger partial charge is 0.391 e. The van der Waals surface area contributed by atoms with Crippen molar-refractivity contribution < 1.29 is 14.1 Å². The summed E-state index contributed by atoms with van der Waals surface area (Å²) in [6, 6.07) is 0. The minimum Gasteiger partial charge on any atom is -0.391 e. The van der Waals surface area contributed by atoms with Crippen molar-refractivity contribution >= 4 is 10.8 Å². The summed E-state index contributed by atoms with van der Waals surface area (Å²) in [7, 11) is 0.701. The predicted molar refractivity (Wildman–Crippen MR) is 58.9 cm³/mol. The molecule has 0 aliphatic rings. The van der Waals surface area contributed by atoms with Crippen molar-refractivity contribution in [3.8, 4) is 0 Å². The number of nitrogens with one attached hydrogen (secondary N) is 1. The van der Waals surface area contributed by atoms with Gasteiger partial charge in [0.15, 0.2) is 0 Å². The summed E-state index contributed by atoms with van der Waals surface area (Å²) in [6.07, 6.45) is -0.532. The number of ether oxygens (including phenoxy) is 1. The quantitative estimate of drug-likeness (QED) is 0.557. The summed E-state index contributed by atoms with van der Waals surface area (Å²) in [5.41, 5.74) is 0. The number of methoxy groups -OCH3 is 1. The van der Waals surface area contributed by atoms with Gasteiger partial charge in [0.1, 0.15) is 0 Å². The minimum atomic E-state index is -0.930. The van der Waals surface area contributed by atoms with E-state index in [0.29, 0.717) is 25.4 Å². The molecule has 0 bridgehead atoms. The van der Waals surface area contributed by atoms with E-state index < -0.39 is 16.9 Å². The first-order chi connectivity index (χ1) is 6.57. The normalized spacial score (nSPS) is 15.8. The van der Waals surface area contributed by atoms with Crippen LogP contribution < -0.4 is 5.32 Å². The van der Waals surface area contributed by atoms with Crippen LogP contribution in [0.4, 0.5) is 0 Å². The molecule has 0 heterocycles. The molecule has 4 nitrogen and oxygen atoms in total. The van der Waals surface area contributed by atoms with Crippen molar-refractivity contribution in [2.45, 2.75) is 25.2 Å². The van der Waals surface area contributed by atoms with Gasteiger partial charge in [-0.05, 0) is 0 Å². The van der Waals surface area contributed by atoms with Crippen LogP contribution in [0.5, 0.6) is 0 Å². The van der Waals surface area contributed by atoms with Gasteiger partial charge in [-0.15, -0.1) is 0 Å². The zero-order valence-electron chi connectivity index (χ0n) is 9.16. The molecule has 0 aliphatic heterocycles. The molecule has 14 heavy (non-hydrogen) atoms. The Morgan fingerprint density at radius 2 is 2.14 bits per heavy atom. The van der Waals surface area contributed by atoms with Gasteiger partial charge in [0.05, 0.1) is 18.5 Å². The summed E-state index contributed by atoms with van der Waals surface area (Å²) >= 11 is 0. The lowest BCUT2D eigenvalue weighted by molar-refractivity contribution is 0.174. The molecular weight excluding hydrogens is 202 g/mol. The molecule has 0 fully saturated rings. The minimum absolute atomic E-state index is 0.114. The van der Waals surface area contributed by atoms with Crippen molar-refractivity contribution in [1.82, 2.24) is 5.32 Å². The van der Waals surface area contributed by atoms with Crippen molar-refractivity contribution in [3.63, 3.8) is 0 Å². The summed E-state index contributed by atoms with van der Waals surface area (Å²) in [4.78, 5) is 0. The average molecular weight is 223 g/mol. The van der Waals surface area contributed by atoms with Crippen LogP contribution in [-0.2, 0) is 15.5 Å². The van der Waals surface area contributed by atoms with E-state index in [9.17, 15) is 9.32 Å². The van der Waals surface area contributed by atoms with Gasteiger partial charge in [-0.2, -0.15) is 0 Å². The molecule has 0 spiro atoms. The summed E-state index contributed by atoms with van der Waals surface area (Å²) in [5, 5.41) is 12.6. The van der Waals surface area contributed by atoms with Crippen LogP contribution in [0.3, 0.4) is 0 Å². The number of aliphatic hydroxyl groups excluding tert-OH is 1. The molecule has 0 aliphatic carbocycles. The van der Waals surface area contributed by atoms with Gasteiger partial charge in [-0.3, -0.25) is 4.21 Å². The van der Waals surface area contributed by atoms with Gasteiger partial charge in [0, 0.05) is 36.2 Å². The third-order valence-electron chi connectivity index (χ3n) is 1.75. The molecule has 0 rings (SSSR count). The molecule has 2 atom stereocenters. The molecule has 2 unspecified atom stereocenters. The van der Waals surface area contributed by atoms with Crippen LogP contribution in [0.2, 0.25) is 0 Å². The Kier molecular flexibility index (Phi) is 8.37. The zero-order valence-corrected chi connectivity index (χ0v) is 9.97. The van der Waals surface area contributed by atoms with Gasteiger partial charge < -0.3 is 15.2 Å². The van der Waals surface area contributed by atoms with Crippen molar-refractivity contribution in [2.24, 2.45) is 0 Å². The first kappa shape index (κ1) is 14.0. The molecule has 5 heteroatoms. The molecule has 2 N–H and O–H groups in total. The van der Waals surface area contributed by atoms with Gasteiger partial charge in [0.25, 0.3) is 0 Å². The number of hydrogen-bond donors (Lipinski definition) is 2. The lowest BCUT2D eigenvalue weighted by Crippen LogP contribution is -2.33. The van der Waals surface area contributed by atoms with E-state index in [1.54, 1.807) is 7.11 Å². The third-order valence-corrected chi connectivity index (χ3v) is 3.51. The molecule has 0 radical (unpaired) electrons. The highest BCUT2D eigenvalue weighted by Gasteiger charge is 2.11. The van der Waals surface area contributed by atoms with Crippen molar-refractivity contribution in [1.29, 1.82) is 0 Å². The second-order valence-corrected chi connectivity index (χ2v) is 5.48. The molecule has 0 saturated heterocycles. The van der Waals surface area contributed by atoms with Crippen LogP contribution in [-0.4, -0.2) is 53.2 Å². The number of rotatable bonds is 8. The number of hydrogen-bond acceptors (Lipinski definition) is 4. The maximum Gasteiger partial charge on any atom is 0.0779 e. The Hall–Kier alpha value is 0.0300. The summed E-state index contributed by atoms with van der Waals surface area (Å²) in [5.74, 6) is 0.345. The lowest BCUT2D eigenvalue weighted by Gasteiger charge is -2.12. The second-order valence-electron chi connectivity index (χ2n) is 3.45. The van der Waals surface area contributed by atoms with Gasteiger partial charge in [-0.1, -0.05) is 13.8 Å². The molecular formula is C9H21NO3S. The molecule has 0 saturated carbocycles. The highest BCUT2D eigenvalue weighted by atomic mass is 32.2. The Bertz CT molecular complexity index is 164. The fourth-order valence-corrected chi connectivity index (χ4v) is 1.77. The van der Waals surface area contributed by atoms with E-state index in [0.717, 1.165) is 0 Å². The molecule has 0 aromatic rings. The van der Waals surface area contributed by atoms with E-state index in [2.05, 4.69) is 5.32 Å². The fraction of sp³-hybridized carbons (Fsp3) is 1.00. The number of aliphatic hydroxyl groups is 1. The monoisotopic (exact) mass is 223 g/mol. The lowest BCUT2D eigenvalue weighted by atomic mass is 10.4. The Morgan fingerprint density at radius 1 is 1.50 bits per heavy atom. The van der Waals surface area contributed by atoms with E-state index in [1.807, 2.05) is 13.8 Å². The van der Waals surface area contributed by atoms with Crippen LogP contribution in [0.25, 0.3) is 0 Å². The maximum atomic E-state index is 11.3. The van der Waals surface area contributed by atoms with Gasteiger partial charge >= 0.3 is 0 Å². The van der Waals surface area contributed by atoms with Crippen LogP contribution in [0, 0.1) is 0 Å². The van der Waals surface area contributed by atoms with Crippen molar-refractivity contribution in [2.75, 3.05) is 32.6 Å². The summed E-state index contributed by atoms with van der Waals surface area (Å²) < 4.78 is 16.2. The van der Waals surface area contributed by atoms with Gasteiger partial charge in [0.2, 0.25) is 0 Å². The van der Waals surface area contributed by atoms with E-state index >= 15 is 0 Å². The van der Waals surface area contributed by atoms with E-state index in [4.69, 9.17) is 4.74 Å². The zero-order chi connectivity index (χ0) is 11.0. The predicted octanol–water partition coefficient (Wildman–Crippen LogP) is -0.260. The first-order valence-electron chi connectivity index (χ1n) is 4.82. The molecule has 0 aromatic carbocycles. The van der Waals surface area contributed by atoms with Crippen LogP contribution in [0.1, 0.15) is 13.8 Å². The third kappa shape index (κ3) is 7.44. The topological polar surface area (TPSA) is 58.6 Å². The Balaban J connectivity index is 3.45. The van der Waals surface area contributed by atoms with Crippen LogP contribution in [0.15, 0.2) is 0 Å². The Labute approximate surface area is 88.5 Å². The summed E-state index contributed by atoms with van der Waals surface area (Å²) in [6.45, 7) is 5.59. The van der Waals surface area contributed by atoms with E-state index in [1.165, 1.54) is 0 Å². The van der Waals surface area contributed by atoms with Crippen LogP contribution >= 0.6 is 0 Å².